The Morgan fingerprint density at radius 1 is 1.17 bits per heavy atom. The Kier molecular flexibility index (Phi) is 5.85. The van der Waals surface area contributed by atoms with Crippen LogP contribution in [0.5, 0.6) is 5.75 Å². The van der Waals surface area contributed by atoms with E-state index in [1.807, 2.05) is 24.3 Å². The third-order valence-electron chi connectivity index (χ3n) is 4.31. The minimum absolute atomic E-state index is 0.228. The van der Waals surface area contributed by atoms with Crippen molar-refractivity contribution in [3.63, 3.8) is 0 Å². The molecule has 148 valence electrons. The van der Waals surface area contributed by atoms with Gasteiger partial charge in [0, 0.05) is 15.6 Å². The standard InChI is InChI=1S/C21H17Cl2N3O2S/c1-2-3-10-28-16-8-5-13(6-9-16)19-24-21-26(25-19)20(27)18(29-21)11-14-4-7-15(22)12-17(14)23/h4-9,11-12H,2-3,10H2,1H3. The molecule has 2 aromatic heterocycles. The number of benzene rings is 2. The Morgan fingerprint density at radius 2 is 1.97 bits per heavy atom. The number of hydrogen-bond acceptors (Lipinski definition) is 5. The molecule has 2 aromatic carbocycles. The number of ether oxygens (including phenoxy) is 1. The van der Waals surface area contributed by atoms with Crippen molar-refractivity contribution in [3.8, 4) is 17.1 Å². The Balaban J connectivity index is 1.63. The fraction of sp³-hybridized carbons (Fsp3) is 0.190. The number of fused-ring (bicyclic) bond motifs is 1. The van der Waals surface area contributed by atoms with Crippen LogP contribution in [0.25, 0.3) is 22.4 Å². The SMILES string of the molecule is CCCCOc1ccc(-c2nc3sc(=Cc4ccc(Cl)cc4Cl)c(=O)n3n2)cc1. The van der Waals surface area contributed by atoms with Crippen molar-refractivity contribution in [1.29, 1.82) is 0 Å². The Morgan fingerprint density at radius 3 is 2.66 bits per heavy atom. The van der Waals surface area contributed by atoms with E-state index in [4.69, 9.17) is 27.9 Å². The van der Waals surface area contributed by atoms with Crippen molar-refractivity contribution in [3.05, 3.63) is 73.0 Å². The Bertz CT molecular complexity index is 1270. The molecule has 0 spiro atoms. The van der Waals surface area contributed by atoms with Crippen molar-refractivity contribution in [1.82, 2.24) is 14.6 Å². The molecule has 0 N–H and O–H groups in total. The van der Waals surface area contributed by atoms with Gasteiger partial charge in [0.1, 0.15) is 5.75 Å². The number of halogens is 2. The van der Waals surface area contributed by atoms with E-state index < -0.39 is 0 Å². The van der Waals surface area contributed by atoms with Crippen molar-refractivity contribution in [2.24, 2.45) is 0 Å². The molecule has 0 radical (unpaired) electrons. The highest BCUT2D eigenvalue weighted by atomic mass is 35.5. The number of unbranched alkanes of at least 4 members (excludes halogenated alkanes) is 1. The van der Waals surface area contributed by atoms with Crippen molar-refractivity contribution < 1.29 is 4.74 Å². The van der Waals surface area contributed by atoms with Gasteiger partial charge in [-0.15, -0.1) is 5.10 Å². The van der Waals surface area contributed by atoms with Gasteiger partial charge in [-0.05, 0) is 54.5 Å². The highest BCUT2D eigenvalue weighted by molar-refractivity contribution is 7.15. The second kappa shape index (κ2) is 8.53. The van der Waals surface area contributed by atoms with Crippen molar-refractivity contribution in [2.45, 2.75) is 19.8 Å². The van der Waals surface area contributed by atoms with Gasteiger partial charge in [0.05, 0.1) is 11.1 Å². The van der Waals surface area contributed by atoms with Crippen LogP contribution in [-0.4, -0.2) is 21.2 Å². The summed E-state index contributed by atoms with van der Waals surface area (Å²) in [6, 6.07) is 12.7. The van der Waals surface area contributed by atoms with Crippen LogP contribution in [0, 0.1) is 0 Å². The van der Waals surface area contributed by atoms with Crippen LogP contribution in [0.1, 0.15) is 25.3 Å². The minimum atomic E-state index is -0.228. The first-order chi connectivity index (χ1) is 14.0. The van der Waals surface area contributed by atoms with Gasteiger partial charge in [-0.3, -0.25) is 4.79 Å². The molecule has 0 aliphatic carbocycles. The normalized spacial score (nSPS) is 12.0. The fourth-order valence-corrected chi connectivity index (χ4v) is 4.11. The number of thiazole rings is 1. The average Bonchev–Trinajstić information content (AvgIpc) is 3.24. The lowest BCUT2D eigenvalue weighted by Gasteiger charge is -2.05. The van der Waals surface area contributed by atoms with Gasteiger partial charge in [-0.2, -0.15) is 9.50 Å². The zero-order chi connectivity index (χ0) is 20.4. The highest BCUT2D eigenvalue weighted by Gasteiger charge is 2.12. The maximum Gasteiger partial charge on any atom is 0.291 e. The number of rotatable bonds is 6. The first-order valence-electron chi connectivity index (χ1n) is 9.15. The molecule has 0 aliphatic heterocycles. The van der Waals surface area contributed by atoms with E-state index in [1.54, 1.807) is 24.3 Å². The zero-order valence-electron chi connectivity index (χ0n) is 15.6. The average molecular weight is 446 g/mol. The van der Waals surface area contributed by atoms with E-state index in [9.17, 15) is 4.79 Å². The predicted molar refractivity (Wildman–Crippen MR) is 118 cm³/mol. The maximum absolute atomic E-state index is 12.7. The van der Waals surface area contributed by atoms with E-state index >= 15 is 0 Å². The van der Waals surface area contributed by atoms with Gasteiger partial charge in [0.25, 0.3) is 5.56 Å². The van der Waals surface area contributed by atoms with Crippen LogP contribution in [0.4, 0.5) is 0 Å². The smallest absolute Gasteiger partial charge is 0.291 e. The van der Waals surface area contributed by atoms with Gasteiger partial charge < -0.3 is 4.74 Å². The quantitative estimate of drug-likeness (QED) is 0.398. The maximum atomic E-state index is 12.7. The lowest BCUT2D eigenvalue weighted by molar-refractivity contribution is 0.309. The molecule has 29 heavy (non-hydrogen) atoms. The minimum Gasteiger partial charge on any atom is -0.494 e. The summed E-state index contributed by atoms with van der Waals surface area (Å²) in [6.45, 7) is 2.82. The molecule has 5 nitrogen and oxygen atoms in total. The van der Waals surface area contributed by atoms with Crippen LogP contribution < -0.4 is 14.8 Å². The molecular formula is C21H17Cl2N3O2S. The Hall–Kier alpha value is -2.41. The summed E-state index contributed by atoms with van der Waals surface area (Å²) in [5, 5.41) is 5.40. The summed E-state index contributed by atoms with van der Waals surface area (Å²) in [5.41, 5.74) is 1.32. The fourth-order valence-electron chi connectivity index (χ4n) is 2.75. The summed E-state index contributed by atoms with van der Waals surface area (Å²) in [4.78, 5) is 17.7. The lowest BCUT2D eigenvalue weighted by Crippen LogP contribution is -2.23. The van der Waals surface area contributed by atoms with Gasteiger partial charge in [-0.1, -0.05) is 53.9 Å². The monoisotopic (exact) mass is 445 g/mol. The summed E-state index contributed by atoms with van der Waals surface area (Å²) in [6.07, 6.45) is 3.84. The van der Waals surface area contributed by atoms with Crippen LogP contribution >= 0.6 is 34.5 Å². The number of nitrogens with zero attached hydrogens (tertiary/aromatic N) is 3. The summed E-state index contributed by atoms with van der Waals surface area (Å²) >= 11 is 13.4. The summed E-state index contributed by atoms with van der Waals surface area (Å²) in [5.74, 6) is 1.31. The number of aromatic nitrogens is 3. The van der Waals surface area contributed by atoms with E-state index in [-0.39, 0.29) is 5.56 Å². The Labute approximate surface area is 181 Å². The second-order valence-corrected chi connectivity index (χ2v) is 8.29. The van der Waals surface area contributed by atoms with Gasteiger partial charge in [0.15, 0.2) is 5.82 Å². The largest absolute Gasteiger partial charge is 0.494 e. The van der Waals surface area contributed by atoms with Crippen LogP contribution in [0.15, 0.2) is 47.3 Å². The van der Waals surface area contributed by atoms with Crippen LogP contribution in [0.3, 0.4) is 0 Å². The van der Waals surface area contributed by atoms with Gasteiger partial charge in [0.2, 0.25) is 4.96 Å². The molecule has 8 heteroatoms. The zero-order valence-corrected chi connectivity index (χ0v) is 17.9. The molecule has 0 fully saturated rings. The summed E-state index contributed by atoms with van der Waals surface area (Å²) < 4.78 is 7.50. The van der Waals surface area contributed by atoms with E-state index in [0.29, 0.717) is 32.0 Å². The van der Waals surface area contributed by atoms with Crippen molar-refractivity contribution >= 4 is 45.6 Å². The third-order valence-corrected chi connectivity index (χ3v) is 5.83. The number of hydrogen-bond donors (Lipinski definition) is 0. The third kappa shape index (κ3) is 4.29. The van der Waals surface area contributed by atoms with E-state index in [2.05, 4.69) is 17.0 Å². The van der Waals surface area contributed by atoms with Gasteiger partial charge >= 0.3 is 0 Å². The summed E-state index contributed by atoms with van der Waals surface area (Å²) in [7, 11) is 0. The highest BCUT2D eigenvalue weighted by Crippen LogP contribution is 2.22. The molecule has 2 heterocycles. The molecule has 0 saturated carbocycles. The molecule has 0 unspecified atom stereocenters. The molecule has 0 aliphatic rings. The molecule has 0 saturated heterocycles. The molecule has 4 aromatic rings. The van der Waals surface area contributed by atoms with Crippen molar-refractivity contribution in [2.75, 3.05) is 6.61 Å². The topological polar surface area (TPSA) is 56.5 Å². The van der Waals surface area contributed by atoms with E-state index in [1.165, 1.54) is 15.9 Å². The van der Waals surface area contributed by atoms with Crippen LogP contribution in [-0.2, 0) is 0 Å². The molecule has 0 atom stereocenters. The molecular weight excluding hydrogens is 429 g/mol. The lowest BCUT2D eigenvalue weighted by atomic mass is 10.2. The molecule has 0 amide bonds. The molecule has 0 bridgehead atoms. The first-order valence-corrected chi connectivity index (χ1v) is 10.7. The molecule has 4 rings (SSSR count). The van der Waals surface area contributed by atoms with Crippen LogP contribution in [0.2, 0.25) is 10.0 Å². The van der Waals surface area contributed by atoms with Gasteiger partial charge in [-0.25, -0.2) is 0 Å². The van der Waals surface area contributed by atoms with E-state index in [0.717, 1.165) is 29.7 Å². The second-order valence-electron chi connectivity index (χ2n) is 6.44. The predicted octanol–water partition coefficient (Wildman–Crippen LogP) is 4.85. The first kappa shape index (κ1) is 19.9.